The van der Waals surface area contributed by atoms with Crippen LogP contribution in [-0.2, 0) is 9.53 Å². The van der Waals surface area contributed by atoms with Gasteiger partial charge in [-0.2, -0.15) is 0 Å². The van der Waals surface area contributed by atoms with Crippen molar-refractivity contribution in [1.82, 2.24) is 15.3 Å². The molecule has 0 spiro atoms. The van der Waals surface area contributed by atoms with E-state index >= 15 is 0 Å². The number of hydrogen-bond donors (Lipinski definition) is 2. The number of nitrogens with one attached hydrogen (secondary N) is 2. The normalized spacial score (nSPS) is 16.1. The van der Waals surface area contributed by atoms with Crippen LogP contribution in [0, 0.1) is 13.8 Å². The molecule has 1 fully saturated rings. The molecule has 134 valence electrons. The first-order chi connectivity index (χ1) is 11.9. The fourth-order valence-corrected chi connectivity index (χ4v) is 4.21. The molecule has 2 aromatic rings. The molecule has 25 heavy (non-hydrogen) atoms. The van der Waals surface area contributed by atoms with Gasteiger partial charge in [-0.25, -0.2) is 9.78 Å². The highest BCUT2D eigenvalue weighted by atomic mass is 32.1. The predicted octanol–water partition coefficient (Wildman–Crippen LogP) is 2.21. The third-order valence-corrected chi connectivity index (χ3v) is 5.62. The molecule has 1 aliphatic rings. The molecule has 0 bridgehead atoms. The van der Waals surface area contributed by atoms with Gasteiger partial charge in [0.15, 0.2) is 6.10 Å². The number of thiophene rings is 1. The topological polar surface area (TPSA) is 101 Å². The van der Waals surface area contributed by atoms with Crippen LogP contribution in [0.3, 0.4) is 0 Å². The van der Waals surface area contributed by atoms with E-state index in [-0.39, 0.29) is 17.5 Å². The maximum atomic E-state index is 12.5. The second-order valence-corrected chi connectivity index (χ2v) is 7.42. The summed E-state index contributed by atoms with van der Waals surface area (Å²) in [6.45, 7) is 4.92. The molecule has 0 saturated heterocycles. The second kappa shape index (κ2) is 6.95. The molecule has 2 N–H and O–H groups in total. The molecule has 1 amide bonds. The molecule has 0 aliphatic heterocycles. The van der Waals surface area contributed by atoms with Gasteiger partial charge in [0.2, 0.25) is 0 Å². The summed E-state index contributed by atoms with van der Waals surface area (Å²) < 4.78 is 5.31. The van der Waals surface area contributed by atoms with Crippen LogP contribution in [0.4, 0.5) is 0 Å². The number of fused-ring (bicyclic) bond motifs is 1. The molecule has 0 radical (unpaired) electrons. The molecule has 0 unspecified atom stereocenters. The molecular formula is C17H21N3O4S. The third kappa shape index (κ3) is 3.58. The molecule has 1 atom stereocenters. The number of aryl methyl sites for hydroxylation is 2. The lowest BCUT2D eigenvalue weighted by molar-refractivity contribution is -0.129. The highest BCUT2D eigenvalue weighted by Gasteiger charge is 2.26. The number of aromatic nitrogens is 2. The number of esters is 1. The monoisotopic (exact) mass is 363 g/mol. The minimum Gasteiger partial charge on any atom is -0.448 e. The molecular weight excluding hydrogens is 342 g/mol. The lowest BCUT2D eigenvalue weighted by Crippen LogP contribution is -2.40. The van der Waals surface area contributed by atoms with Gasteiger partial charge in [-0.05, 0) is 39.2 Å². The van der Waals surface area contributed by atoms with Crippen LogP contribution in [0.2, 0.25) is 0 Å². The van der Waals surface area contributed by atoms with Crippen LogP contribution < -0.4 is 10.9 Å². The largest absolute Gasteiger partial charge is 0.448 e. The van der Waals surface area contributed by atoms with Gasteiger partial charge in [0, 0.05) is 6.04 Å². The summed E-state index contributed by atoms with van der Waals surface area (Å²) in [6, 6.07) is 0.172. The number of ether oxygens (including phenoxy) is 1. The number of rotatable bonds is 4. The molecule has 1 aliphatic carbocycles. The fourth-order valence-electron chi connectivity index (χ4n) is 3.10. The van der Waals surface area contributed by atoms with Gasteiger partial charge in [0.1, 0.15) is 15.5 Å². The molecule has 1 saturated carbocycles. The number of carbonyl (C=O) groups is 2. The molecule has 7 nitrogen and oxygen atoms in total. The highest BCUT2D eigenvalue weighted by Crippen LogP contribution is 2.28. The summed E-state index contributed by atoms with van der Waals surface area (Å²) in [5.74, 6) is -0.402. The summed E-state index contributed by atoms with van der Waals surface area (Å²) in [4.78, 5) is 44.4. The van der Waals surface area contributed by atoms with E-state index in [1.54, 1.807) is 20.8 Å². The Kier molecular flexibility index (Phi) is 4.89. The number of hydrogen-bond acceptors (Lipinski definition) is 6. The first-order valence-electron chi connectivity index (χ1n) is 8.38. The van der Waals surface area contributed by atoms with Crippen molar-refractivity contribution in [2.75, 3.05) is 0 Å². The van der Waals surface area contributed by atoms with E-state index in [2.05, 4.69) is 15.3 Å². The summed E-state index contributed by atoms with van der Waals surface area (Å²) in [5, 5.41) is 3.31. The van der Waals surface area contributed by atoms with Crippen LogP contribution in [0.15, 0.2) is 4.79 Å². The third-order valence-electron chi connectivity index (χ3n) is 4.46. The quantitative estimate of drug-likeness (QED) is 0.811. The standard InChI is InChI=1S/C17H21N3O4S/c1-8-12-15(22)18-10(3)19-16(12)25-13(8)17(23)24-9(2)14(21)20-11-6-4-5-7-11/h9,11H,4-7H2,1-3H3,(H,20,21)(H,18,19,22)/t9-/m0/s1. The van der Waals surface area contributed by atoms with E-state index in [1.807, 2.05) is 0 Å². The van der Waals surface area contributed by atoms with Crippen LogP contribution in [0.25, 0.3) is 10.2 Å². The van der Waals surface area contributed by atoms with Crippen molar-refractivity contribution in [2.24, 2.45) is 0 Å². The van der Waals surface area contributed by atoms with Crippen molar-refractivity contribution in [2.45, 2.75) is 58.6 Å². The minimum atomic E-state index is -0.884. The highest BCUT2D eigenvalue weighted by molar-refractivity contribution is 7.20. The van der Waals surface area contributed by atoms with E-state index in [1.165, 1.54) is 0 Å². The van der Waals surface area contributed by atoms with Gasteiger partial charge >= 0.3 is 5.97 Å². The Morgan fingerprint density at radius 2 is 2.00 bits per heavy atom. The van der Waals surface area contributed by atoms with E-state index in [4.69, 9.17) is 4.74 Å². The Hall–Kier alpha value is -2.22. The summed E-state index contributed by atoms with van der Waals surface area (Å²) in [6.07, 6.45) is 3.28. The number of amides is 1. The van der Waals surface area contributed by atoms with Crippen molar-refractivity contribution < 1.29 is 14.3 Å². The zero-order chi connectivity index (χ0) is 18.1. The smallest absolute Gasteiger partial charge is 0.349 e. The van der Waals surface area contributed by atoms with Crippen molar-refractivity contribution in [3.05, 3.63) is 26.6 Å². The first kappa shape index (κ1) is 17.6. The van der Waals surface area contributed by atoms with E-state index in [0.717, 1.165) is 37.0 Å². The van der Waals surface area contributed by atoms with Gasteiger partial charge in [0.25, 0.3) is 11.5 Å². The number of H-pyrrole nitrogens is 1. The van der Waals surface area contributed by atoms with Crippen LogP contribution >= 0.6 is 11.3 Å². The van der Waals surface area contributed by atoms with Gasteiger partial charge in [0.05, 0.1) is 5.39 Å². The van der Waals surface area contributed by atoms with E-state index in [9.17, 15) is 14.4 Å². The van der Waals surface area contributed by atoms with Crippen molar-refractivity contribution in [1.29, 1.82) is 0 Å². The first-order valence-corrected chi connectivity index (χ1v) is 9.20. The summed E-state index contributed by atoms with van der Waals surface area (Å²) in [7, 11) is 0. The summed E-state index contributed by atoms with van der Waals surface area (Å²) >= 11 is 1.11. The summed E-state index contributed by atoms with van der Waals surface area (Å²) in [5.41, 5.74) is 0.254. The average Bonchev–Trinajstić information content (AvgIpc) is 3.15. The van der Waals surface area contributed by atoms with Crippen molar-refractivity contribution in [3.8, 4) is 0 Å². The zero-order valence-electron chi connectivity index (χ0n) is 14.5. The second-order valence-electron chi connectivity index (χ2n) is 6.43. The molecule has 3 rings (SSSR count). The predicted molar refractivity (Wildman–Crippen MR) is 95.0 cm³/mol. The fraction of sp³-hybridized carbons (Fsp3) is 0.529. The number of aromatic amines is 1. The van der Waals surface area contributed by atoms with E-state index in [0.29, 0.717) is 26.5 Å². The Morgan fingerprint density at radius 3 is 2.68 bits per heavy atom. The minimum absolute atomic E-state index is 0.172. The van der Waals surface area contributed by atoms with Gasteiger partial charge < -0.3 is 15.0 Å². The van der Waals surface area contributed by atoms with Gasteiger partial charge in [-0.15, -0.1) is 11.3 Å². The lowest BCUT2D eigenvalue weighted by Gasteiger charge is -2.16. The Bertz CT molecular complexity index is 880. The molecule has 0 aromatic carbocycles. The van der Waals surface area contributed by atoms with Gasteiger partial charge in [-0.1, -0.05) is 12.8 Å². The van der Waals surface area contributed by atoms with Crippen molar-refractivity contribution in [3.63, 3.8) is 0 Å². The zero-order valence-corrected chi connectivity index (χ0v) is 15.3. The Labute approximate surface area is 148 Å². The molecule has 8 heteroatoms. The lowest BCUT2D eigenvalue weighted by atomic mass is 10.2. The number of nitrogens with zero attached hydrogens (tertiary/aromatic N) is 1. The van der Waals surface area contributed by atoms with Crippen molar-refractivity contribution >= 4 is 33.4 Å². The van der Waals surface area contributed by atoms with E-state index < -0.39 is 12.1 Å². The van der Waals surface area contributed by atoms with Crippen LogP contribution in [0.5, 0.6) is 0 Å². The maximum Gasteiger partial charge on any atom is 0.349 e. The SMILES string of the molecule is Cc1nc2sc(C(=O)O[C@@H](C)C(=O)NC3CCCC3)c(C)c2c(=O)[nH]1. The Morgan fingerprint density at radius 1 is 1.32 bits per heavy atom. The maximum absolute atomic E-state index is 12.5. The number of carbonyl (C=O) groups excluding carboxylic acids is 2. The average molecular weight is 363 g/mol. The van der Waals surface area contributed by atoms with Crippen LogP contribution in [0.1, 0.15) is 53.7 Å². The molecule has 2 heterocycles. The molecule has 2 aromatic heterocycles. The van der Waals surface area contributed by atoms with Gasteiger partial charge in [-0.3, -0.25) is 9.59 Å². The van der Waals surface area contributed by atoms with Crippen LogP contribution in [-0.4, -0.2) is 34.0 Å². The Balaban J connectivity index is 1.75.